The van der Waals surface area contributed by atoms with E-state index in [1.54, 1.807) is 40.4 Å². The minimum atomic E-state index is -0.259. The van der Waals surface area contributed by atoms with Gasteiger partial charge in [-0.1, -0.05) is 0 Å². The summed E-state index contributed by atoms with van der Waals surface area (Å²) in [4.78, 5) is 33.2. The number of aromatic nitrogens is 4. The van der Waals surface area contributed by atoms with Crippen LogP contribution in [0.15, 0.2) is 42.0 Å². The number of carbonyl (C=O) groups excluding carboxylic acids is 2. The first kappa shape index (κ1) is 21.1. The minimum absolute atomic E-state index is 0.151. The van der Waals surface area contributed by atoms with Crippen LogP contribution in [0, 0.1) is 25.2 Å². The van der Waals surface area contributed by atoms with Gasteiger partial charge >= 0.3 is 0 Å². The van der Waals surface area contributed by atoms with E-state index in [1.807, 2.05) is 13.8 Å². The lowest BCUT2D eigenvalue weighted by Gasteiger charge is -2.11. The number of carbonyl (C=O) groups is 2. The molecule has 0 fully saturated rings. The molecule has 4 aromatic rings. The third-order valence-electron chi connectivity index (χ3n) is 5.01. The number of nitrogens with one attached hydrogen (secondary N) is 2. The SMILES string of the molecule is Cc1nc2c(C#N)cnn2c(C)c1CCC(=O)Nc1ccc(C(=O)Nc2nccs2)cc1. The number of thiazole rings is 1. The first-order valence-electron chi connectivity index (χ1n) is 9.81. The summed E-state index contributed by atoms with van der Waals surface area (Å²) in [6, 6.07) is 8.75. The van der Waals surface area contributed by atoms with Gasteiger partial charge in [-0.2, -0.15) is 10.4 Å². The number of aryl methyl sites for hydroxylation is 2. The minimum Gasteiger partial charge on any atom is -0.326 e. The van der Waals surface area contributed by atoms with E-state index in [4.69, 9.17) is 0 Å². The highest BCUT2D eigenvalue weighted by molar-refractivity contribution is 7.13. The summed E-state index contributed by atoms with van der Waals surface area (Å²) in [7, 11) is 0. The summed E-state index contributed by atoms with van der Waals surface area (Å²) >= 11 is 1.34. The number of hydrogen-bond donors (Lipinski definition) is 2. The Labute approximate surface area is 187 Å². The van der Waals surface area contributed by atoms with Crippen molar-refractivity contribution in [2.24, 2.45) is 0 Å². The normalized spacial score (nSPS) is 10.7. The zero-order valence-corrected chi connectivity index (χ0v) is 18.2. The molecule has 0 atom stereocenters. The lowest BCUT2D eigenvalue weighted by Crippen LogP contribution is -2.15. The molecule has 2 N–H and O–H groups in total. The summed E-state index contributed by atoms with van der Waals surface area (Å²) in [5, 5.41) is 21.3. The zero-order chi connectivity index (χ0) is 22.7. The smallest absolute Gasteiger partial charge is 0.257 e. The van der Waals surface area contributed by atoms with Crippen molar-refractivity contribution in [1.82, 2.24) is 19.6 Å². The number of amides is 2. The van der Waals surface area contributed by atoms with Crippen LogP contribution in [-0.4, -0.2) is 31.4 Å². The lowest BCUT2D eigenvalue weighted by molar-refractivity contribution is -0.116. The molecule has 0 aliphatic heterocycles. The van der Waals surface area contributed by atoms with Crippen LogP contribution in [0.5, 0.6) is 0 Å². The van der Waals surface area contributed by atoms with Gasteiger partial charge in [-0.25, -0.2) is 14.5 Å². The van der Waals surface area contributed by atoms with Crippen molar-refractivity contribution in [3.8, 4) is 6.07 Å². The Morgan fingerprint density at radius 3 is 2.66 bits per heavy atom. The first-order valence-corrected chi connectivity index (χ1v) is 10.7. The van der Waals surface area contributed by atoms with Crippen molar-refractivity contribution >= 4 is 39.6 Å². The fourth-order valence-corrected chi connectivity index (χ4v) is 3.90. The van der Waals surface area contributed by atoms with E-state index in [0.717, 1.165) is 17.0 Å². The molecule has 0 aliphatic carbocycles. The van der Waals surface area contributed by atoms with Gasteiger partial charge in [0.2, 0.25) is 5.91 Å². The van der Waals surface area contributed by atoms with Crippen LogP contribution < -0.4 is 10.6 Å². The van der Waals surface area contributed by atoms with Crippen LogP contribution in [-0.2, 0) is 11.2 Å². The molecular formula is C22H19N7O2S. The van der Waals surface area contributed by atoms with Crippen molar-refractivity contribution in [3.05, 3.63) is 70.1 Å². The molecule has 9 nitrogen and oxygen atoms in total. The molecule has 0 saturated heterocycles. The van der Waals surface area contributed by atoms with Crippen molar-refractivity contribution in [3.63, 3.8) is 0 Å². The highest BCUT2D eigenvalue weighted by Gasteiger charge is 2.15. The van der Waals surface area contributed by atoms with Crippen LogP contribution in [0.1, 0.15) is 39.3 Å². The molecular weight excluding hydrogens is 426 g/mol. The first-order chi connectivity index (χ1) is 15.5. The number of rotatable bonds is 6. The molecule has 3 heterocycles. The molecule has 3 aromatic heterocycles. The number of nitrogens with zero attached hydrogens (tertiary/aromatic N) is 5. The largest absolute Gasteiger partial charge is 0.326 e. The van der Waals surface area contributed by atoms with Crippen molar-refractivity contribution in [1.29, 1.82) is 5.26 Å². The lowest BCUT2D eigenvalue weighted by atomic mass is 10.1. The van der Waals surface area contributed by atoms with E-state index in [0.29, 0.717) is 34.0 Å². The summed E-state index contributed by atoms with van der Waals surface area (Å²) in [5.41, 5.74) is 4.58. The Hall–Kier alpha value is -4.10. The summed E-state index contributed by atoms with van der Waals surface area (Å²) < 4.78 is 1.63. The fraction of sp³-hybridized carbons (Fsp3) is 0.182. The number of fused-ring (bicyclic) bond motifs is 1. The average molecular weight is 446 g/mol. The van der Waals surface area contributed by atoms with Crippen LogP contribution in [0.2, 0.25) is 0 Å². The Kier molecular flexibility index (Phi) is 5.91. The van der Waals surface area contributed by atoms with Crippen molar-refractivity contribution < 1.29 is 9.59 Å². The van der Waals surface area contributed by atoms with E-state index >= 15 is 0 Å². The topological polar surface area (TPSA) is 125 Å². The number of hydrogen-bond acceptors (Lipinski definition) is 7. The molecule has 1 aromatic carbocycles. The van der Waals surface area contributed by atoms with Gasteiger partial charge in [0.05, 0.1) is 6.20 Å². The van der Waals surface area contributed by atoms with Gasteiger partial charge in [-0.15, -0.1) is 11.3 Å². The average Bonchev–Trinajstić information content (AvgIpc) is 3.43. The van der Waals surface area contributed by atoms with E-state index in [9.17, 15) is 14.9 Å². The molecule has 2 amide bonds. The van der Waals surface area contributed by atoms with Gasteiger partial charge in [0.1, 0.15) is 11.6 Å². The third-order valence-corrected chi connectivity index (χ3v) is 5.70. The second-order valence-corrected chi connectivity index (χ2v) is 7.98. The van der Waals surface area contributed by atoms with E-state index in [1.165, 1.54) is 17.5 Å². The second-order valence-electron chi connectivity index (χ2n) is 7.08. The monoisotopic (exact) mass is 445 g/mol. The molecule has 0 unspecified atom stereocenters. The van der Waals surface area contributed by atoms with E-state index in [-0.39, 0.29) is 18.2 Å². The Morgan fingerprint density at radius 1 is 1.19 bits per heavy atom. The molecule has 0 aliphatic rings. The standard InChI is InChI=1S/C22H19N7O2S/c1-13-18(14(2)29-20(26-13)16(11-23)12-25-29)7-8-19(30)27-17-5-3-15(4-6-17)21(31)28-22-24-9-10-32-22/h3-6,9-10,12H,7-8H2,1-2H3,(H,27,30)(H,24,28,31). The molecule has 32 heavy (non-hydrogen) atoms. The molecule has 4 rings (SSSR count). The number of nitriles is 1. The molecule has 0 saturated carbocycles. The van der Waals surface area contributed by atoms with Crippen LogP contribution in [0.3, 0.4) is 0 Å². The summed E-state index contributed by atoms with van der Waals surface area (Å²) in [5.74, 6) is -0.410. The molecule has 0 bridgehead atoms. The van der Waals surface area contributed by atoms with Gasteiger partial charge in [0.15, 0.2) is 10.8 Å². The fourth-order valence-electron chi connectivity index (χ4n) is 3.37. The maximum atomic E-state index is 12.5. The predicted molar refractivity (Wildman–Crippen MR) is 121 cm³/mol. The molecule has 0 spiro atoms. The number of anilines is 2. The number of benzene rings is 1. The Bertz CT molecular complexity index is 1340. The van der Waals surface area contributed by atoms with E-state index in [2.05, 4.69) is 31.8 Å². The highest BCUT2D eigenvalue weighted by Crippen LogP contribution is 2.19. The van der Waals surface area contributed by atoms with Gasteiger partial charge < -0.3 is 5.32 Å². The van der Waals surface area contributed by atoms with Gasteiger partial charge in [0, 0.05) is 40.6 Å². The van der Waals surface area contributed by atoms with E-state index < -0.39 is 0 Å². The van der Waals surface area contributed by atoms with Gasteiger partial charge in [0.25, 0.3) is 5.91 Å². The van der Waals surface area contributed by atoms with Crippen molar-refractivity contribution in [2.75, 3.05) is 10.6 Å². The zero-order valence-electron chi connectivity index (χ0n) is 17.4. The summed E-state index contributed by atoms with van der Waals surface area (Å²) in [6.45, 7) is 3.77. The summed E-state index contributed by atoms with van der Waals surface area (Å²) in [6.07, 6.45) is 3.86. The maximum Gasteiger partial charge on any atom is 0.257 e. The Balaban J connectivity index is 1.38. The van der Waals surface area contributed by atoms with Crippen LogP contribution in [0.25, 0.3) is 5.65 Å². The molecule has 10 heteroatoms. The van der Waals surface area contributed by atoms with Crippen LogP contribution in [0.4, 0.5) is 10.8 Å². The molecule has 0 radical (unpaired) electrons. The highest BCUT2D eigenvalue weighted by atomic mass is 32.1. The van der Waals surface area contributed by atoms with Gasteiger partial charge in [-0.3, -0.25) is 14.9 Å². The predicted octanol–water partition coefficient (Wildman–Crippen LogP) is 3.50. The van der Waals surface area contributed by atoms with Crippen LogP contribution >= 0.6 is 11.3 Å². The van der Waals surface area contributed by atoms with Crippen molar-refractivity contribution in [2.45, 2.75) is 26.7 Å². The van der Waals surface area contributed by atoms with Gasteiger partial charge in [-0.05, 0) is 50.1 Å². The quantitative estimate of drug-likeness (QED) is 0.468. The second kappa shape index (κ2) is 8.95. The third kappa shape index (κ3) is 4.33. The Morgan fingerprint density at radius 2 is 1.97 bits per heavy atom. The maximum absolute atomic E-state index is 12.5. The molecule has 160 valence electrons.